The van der Waals surface area contributed by atoms with Crippen LogP contribution in [0.3, 0.4) is 0 Å². The number of nitrogen functional groups attached to an aromatic ring is 1. The smallest absolute Gasteiger partial charge is 0.131 e. The lowest BCUT2D eigenvalue weighted by molar-refractivity contribution is 0.632. The second kappa shape index (κ2) is 6.66. The van der Waals surface area contributed by atoms with E-state index in [9.17, 15) is 4.39 Å². The van der Waals surface area contributed by atoms with Crippen LogP contribution in [0.15, 0.2) is 66.7 Å². The van der Waals surface area contributed by atoms with Gasteiger partial charge in [-0.2, -0.15) is 0 Å². The van der Waals surface area contributed by atoms with Crippen molar-refractivity contribution in [3.05, 3.63) is 78.1 Å². The van der Waals surface area contributed by atoms with Crippen molar-refractivity contribution in [2.45, 2.75) is 19.8 Å². The molecule has 2 N–H and O–H groups in total. The van der Waals surface area contributed by atoms with Gasteiger partial charge in [0.2, 0.25) is 0 Å². The van der Waals surface area contributed by atoms with Gasteiger partial charge in [-0.15, -0.1) is 0 Å². The molecular weight excluding hydrogens is 285 g/mol. The zero-order chi connectivity index (χ0) is 16.2. The zero-order valence-electron chi connectivity index (χ0n) is 13.2. The Morgan fingerprint density at radius 1 is 0.783 bits per heavy atom. The van der Waals surface area contributed by atoms with Crippen molar-refractivity contribution in [2.75, 3.05) is 5.73 Å². The lowest BCUT2D eigenvalue weighted by Crippen LogP contribution is -1.89. The molecule has 0 aromatic heterocycles. The standard InChI is InChI=1S/C21H20FN/c1-2-3-15-4-6-16(7-5-15)18-10-13-20(21(22)14-18)17-8-11-19(23)12-9-17/h4-14H,2-3,23H2,1H3. The van der Waals surface area contributed by atoms with Crippen molar-refractivity contribution >= 4 is 5.69 Å². The molecule has 1 nitrogen and oxygen atoms in total. The van der Waals surface area contributed by atoms with Crippen LogP contribution >= 0.6 is 0 Å². The molecule has 0 radical (unpaired) electrons. The topological polar surface area (TPSA) is 26.0 Å². The van der Waals surface area contributed by atoms with Gasteiger partial charge in [-0.3, -0.25) is 0 Å². The highest BCUT2D eigenvalue weighted by molar-refractivity contribution is 5.72. The molecule has 0 fully saturated rings. The van der Waals surface area contributed by atoms with Gasteiger partial charge in [0.05, 0.1) is 0 Å². The van der Waals surface area contributed by atoms with E-state index in [-0.39, 0.29) is 5.82 Å². The van der Waals surface area contributed by atoms with E-state index in [2.05, 4.69) is 31.2 Å². The summed E-state index contributed by atoms with van der Waals surface area (Å²) in [7, 11) is 0. The van der Waals surface area contributed by atoms with Crippen LogP contribution in [-0.4, -0.2) is 0 Å². The van der Waals surface area contributed by atoms with E-state index in [0.29, 0.717) is 11.3 Å². The molecule has 0 unspecified atom stereocenters. The van der Waals surface area contributed by atoms with Crippen molar-refractivity contribution < 1.29 is 4.39 Å². The molecule has 0 saturated heterocycles. The van der Waals surface area contributed by atoms with Gasteiger partial charge in [-0.05, 0) is 46.9 Å². The van der Waals surface area contributed by atoms with Gasteiger partial charge in [0, 0.05) is 11.3 Å². The van der Waals surface area contributed by atoms with Crippen LogP contribution in [0.1, 0.15) is 18.9 Å². The predicted octanol–water partition coefficient (Wildman–Crippen LogP) is 5.69. The number of rotatable bonds is 4. The van der Waals surface area contributed by atoms with Crippen LogP contribution < -0.4 is 5.73 Å². The molecule has 0 atom stereocenters. The molecule has 3 aromatic carbocycles. The Kier molecular flexibility index (Phi) is 4.42. The number of hydrogen-bond acceptors (Lipinski definition) is 1. The molecule has 0 heterocycles. The molecule has 0 aliphatic heterocycles. The zero-order valence-corrected chi connectivity index (χ0v) is 13.2. The quantitative estimate of drug-likeness (QED) is 0.615. The van der Waals surface area contributed by atoms with E-state index in [4.69, 9.17) is 5.73 Å². The van der Waals surface area contributed by atoms with Gasteiger partial charge in [0.1, 0.15) is 5.82 Å². The monoisotopic (exact) mass is 305 g/mol. The Hall–Kier alpha value is -2.61. The van der Waals surface area contributed by atoms with Crippen LogP contribution in [0.25, 0.3) is 22.3 Å². The molecule has 23 heavy (non-hydrogen) atoms. The largest absolute Gasteiger partial charge is 0.399 e. The average molecular weight is 305 g/mol. The normalized spacial score (nSPS) is 10.7. The fraction of sp³-hybridized carbons (Fsp3) is 0.143. The van der Waals surface area contributed by atoms with Gasteiger partial charge < -0.3 is 5.73 Å². The summed E-state index contributed by atoms with van der Waals surface area (Å²) in [5, 5.41) is 0. The summed E-state index contributed by atoms with van der Waals surface area (Å²) in [6.45, 7) is 2.17. The number of hydrogen-bond donors (Lipinski definition) is 1. The number of halogens is 1. The predicted molar refractivity (Wildman–Crippen MR) is 95.7 cm³/mol. The molecule has 0 aliphatic rings. The summed E-state index contributed by atoms with van der Waals surface area (Å²) in [5.41, 5.74) is 11.0. The minimum atomic E-state index is -0.218. The van der Waals surface area contributed by atoms with Crippen molar-refractivity contribution in [1.29, 1.82) is 0 Å². The van der Waals surface area contributed by atoms with Crippen molar-refractivity contribution in [3.63, 3.8) is 0 Å². The second-order valence-corrected chi connectivity index (χ2v) is 5.76. The fourth-order valence-electron chi connectivity index (χ4n) is 2.74. The van der Waals surface area contributed by atoms with Gasteiger partial charge in [0.25, 0.3) is 0 Å². The molecule has 116 valence electrons. The molecular formula is C21H20FN. The maximum absolute atomic E-state index is 14.5. The minimum Gasteiger partial charge on any atom is -0.399 e. The number of anilines is 1. The molecule has 3 aromatic rings. The maximum atomic E-state index is 14.5. The van der Waals surface area contributed by atoms with Crippen LogP contribution in [0, 0.1) is 5.82 Å². The van der Waals surface area contributed by atoms with E-state index in [1.807, 2.05) is 24.3 Å². The number of nitrogens with two attached hydrogens (primary N) is 1. The van der Waals surface area contributed by atoms with E-state index in [1.165, 1.54) is 5.56 Å². The second-order valence-electron chi connectivity index (χ2n) is 5.76. The molecule has 0 aliphatic carbocycles. The minimum absolute atomic E-state index is 0.218. The summed E-state index contributed by atoms with van der Waals surface area (Å²) >= 11 is 0. The summed E-state index contributed by atoms with van der Waals surface area (Å²) in [6.07, 6.45) is 2.20. The molecule has 0 saturated carbocycles. The van der Waals surface area contributed by atoms with Gasteiger partial charge in [0.15, 0.2) is 0 Å². The summed E-state index contributed by atoms with van der Waals surface area (Å²) in [6, 6.07) is 21.0. The highest BCUT2D eigenvalue weighted by Crippen LogP contribution is 2.28. The Bertz CT molecular complexity index is 789. The third kappa shape index (κ3) is 3.42. The van der Waals surface area contributed by atoms with Gasteiger partial charge in [-0.1, -0.05) is 61.9 Å². The van der Waals surface area contributed by atoms with Gasteiger partial charge in [-0.25, -0.2) is 4.39 Å². The first kappa shape index (κ1) is 15.3. The highest BCUT2D eigenvalue weighted by atomic mass is 19.1. The fourth-order valence-corrected chi connectivity index (χ4v) is 2.74. The lowest BCUT2D eigenvalue weighted by Gasteiger charge is -2.08. The van der Waals surface area contributed by atoms with Gasteiger partial charge >= 0.3 is 0 Å². The van der Waals surface area contributed by atoms with E-state index >= 15 is 0 Å². The van der Waals surface area contributed by atoms with E-state index < -0.39 is 0 Å². The van der Waals surface area contributed by atoms with Crippen molar-refractivity contribution in [3.8, 4) is 22.3 Å². The van der Waals surface area contributed by atoms with Crippen LogP contribution in [0.4, 0.5) is 10.1 Å². The third-order valence-corrected chi connectivity index (χ3v) is 4.02. The van der Waals surface area contributed by atoms with Crippen LogP contribution in [0.2, 0.25) is 0 Å². The van der Waals surface area contributed by atoms with Crippen LogP contribution in [0.5, 0.6) is 0 Å². The van der Waals surface area contributed by atoms with Crippen molar-refractivity contribution in [2.24, 2.45) is 0 Å². The summed E-state index contributed by atoms with van der Waals surface area (Å²) < 4.78 is 14.5. The molecule has 3 rings (SSSR count). The Morgan fingerprint density at radius 2 is 1.39 bits per heavy atom. The highest BCUT2D eigenvalue weighted by Gasteiger charge is 2.07. The molecule has 2 heteroatoms. The Balaban J connectivity index is 1.91. The SMILES string of the molecule is CCCc1ccc(-c2ccc(-c3ccc(N)cc3)c(F)c2)cc1. The van der Waals surface area contributed by atoms with E-state index in [0.717, 1.165) is 29.5 Å². The molecule has 0 spiro atoms. The first-order valence-corrected chi connectivity index (χ1v) is 7.92. The third-order valence-electron chi connectivity index (χ3n) is 4.02. The van der Waals surface area contributed by atoms with E-state index in [1.54, 1.807) is 18.2 Å². The number of aryl methyl sites for hydroxylation is 1. The molecule has 0 bridgehead atoms. The van der Waals surface area contributed by atoms with Crippen molar-refractivity contribution in [1.82, 2.24) is 0 Å². The Labute approximate surface area is 136 Å². The summed E-state index contributed by atoms with van der Waals surface area (Å²) in [4.78, 5) is 0. The first-order chi connectivity index (χ1) is 11.2. The van der Waals surface area contributed by atoms with Crippen LogP contribution in [-0.2, 0) is 6.42 Å². The average Bonchev–Trinajstić information content (AvgIpc) is 2.57. The number of benzene rings is 3. The Morgan fingerprint density at radius 3 is 2.00 bits per heavy atom. The lowest BCUT2D eigenvalue weighted by atomic mass is 9.98. The summed E-state index contributed by atoms with van der Waals surface area (Å²) in [5.74, 6) is -0.218. The molecule has 0 amide bonds. The maximum Gasteiger partial charge on any atom is 0.131 e. The first-order valence-electron chi connectivity index (χ1n) is 7.92.